The number of furan rings is 1. The van der Waals surface area contributed by atoms with Gasteiger partial charge in [-0.3, -0.25) is 4.79 Å². The molecule has 0 spiro atoms. The van der Waals surface area contributed by atoms with E-state index in [4.69, 9.17) is 4.42 Å². The molecule has 0 fully saturated rings. The number of benzene rings is 1. The molecule has 6 heteroatoms. The van der Waals surface area contributed by atoms with E-state index in [1.165, 1.54) is 6.07 Å². The number of nitrogens with zero attached hydrogens (tertiary/aromatic N) is 1. The van der Waals surface area contributed by atoms with Gasteiger partial charge >= 0.3 is 0 Å². The summed E-state index contributed by atoms with van der Waals surface area (Å²) in [5.41, 5.74) is 2.38. The Bertz CT molecular complexity index is 943. The summed E-state index contributed by atoms with van der Waals surface area (Å²) in [5, 5.41) is 2.93. The highest BCUT2D eigenvalue weighted by atomic mass is 19.2. The van der Waals surface area contributed by atoms with Crippen LogP contribution in [0.4, 0.5) is 8.78 Å². The van der Waals surface area contributed by atoms with Crippen LogP contribution in [0.2, 0.25) is 0 Å². The second-order valence-electron chi connectivity index (χ2n) is 6.79. The fourth-order valence-corrected chi connectivity index (χ4v) is 3.19. The number of hydrogen-bond donors (Lipinski definition) is 1. The molecule has 1 aromatic carbocycles. The molecule has 27 heavy (non-hydrogen) atoms. The maximum absolute atomic E-state index is 13.6. The number of hydrogen-bond acceptors (Lipinski definition) is 2. The number of rotatable bonds is 8. The first-order valence-corrected chi connectivity index (χ1v) is 9.31. The zero-order valence-corrected chi connectivity index (χ0v) is 15.6. The van der Waals surface area contributed by atoms with Gasteiger partial charge in [-0.25, -0.2) is 8.78 Å². The van der Waals surface area contributed by atoms with E-state index in [0.717, 1.165) is 49.1 Å². The van der Waals surface area contributed by atoms with Crippen LogP contribution >= 0.6 is 0 Å². The number of halogens is 2. The molecular formula is C21H24F2N2O2. The van der Waals surface area contributed by atoms with Gasteiger partial charge in [0.2, 0.25) is 0 Å². The van der Waals surface area contributed by atoms with E-state index in [1.54, 1.807) is 10.6 Å². The van der Waals surface area contributed by atoms with Gasteiger partial charge in [0.1, 0.15) is 11.5 Å². The van der Waals surface area contributed by atoms with Crippen molar-refractivity contribution in [3.8, 4) is 0 Å². The van der Waals surface area contributed by atoms with Crippen molar-refractivity contribution < 1.29 is 18.0 Å². The SMILES string of the molecule is CCCCCCNC(=O)c1cc2oc(C)cc2n1Cc1ccc(F)c(F)c1. The van der Waals surface area contributed by atoms with Crippen molar-refractivity contribution in [1.82, 2.24) is 9.88 Å². The molecule has 0 atom stereocenters. The lowest BCUT2D eigenvalue weighted by molar-refractivity contribution is 0.0944. The Morgan fingerprint density at radius 1 is 1.11 bits per heavy atom. The number of aromatic nitrogens is 1. The zero-order valence-electron chi connectivity index (χ0n) is 15.6. The lowest BCUT2D eigenvalue weighted by Gasteiger charge is -2.11. The van der Waals surface area contributed by atoms with Crippen molar-refractivity contribution in [2.45, 2.75) is 46.1 Å². The number of unbranched alkanes of at least 4 members (excludes halogenated alkanes) is 3. The number of carbonyl (C=O) groups excluding carboxylic acids is 1. The summed E-state index contributed by atoms with van der Waals surface area (Å²) < 4.78 is 34.2. The van der Waals surface area contributed by atoms with Crippen molar-refractivity contribution in [2.75, 3.05) is 6.54 Å². The fourth-order valence-electron chi connectivity index (χ4n) is 3.19. The Morgan fingerprint density at radius 2 is 1.93 bits per heavy atom. The first-order valence-electron chi connectivity index (χ1n) is 9.31. The minimum atomic E-state index is -0.902. The molecule has 0 radical (unpaired) electrons. The van der Waals surface area contributed by atoms with Crippen LogP contribution < -0.4 is 5.32 Å². The summed E-state index contributed by atoms with van der Waals surface area (Å²) in [4.78, 5) is 12.7. The predicted molar refractivity (Wildman–Crippen MR) is 101 cm³/mol. The van der Waals surface area contributed by atoms with E-state index in [0.29, 0.717) is 23.4 Å². The Hall–Kier alpha value is -2.63. The Labute approximate surface area is 157 Å². The molecule has 0 aliphatic carbocycles. The summed E-state index contributed by atoms with van der Waals surface area (Å²) >= 11 is 0. The quantitative estimate of drug-likeness (QED) is 0.552. The van der Waals surface area contributed by atoms with Crippen LogP contribution in [-0.2, 0) is 6.54 Å². The average molecular weight is 374 g/mol. The third-order valence-electron chi connectivity index (χ3n) is 4.59. The van der Waals surface area contributed by atoms with Crippen LogP contribution in [0.25, 0.3) is 11.1 Å². The minimum Gasteiger partial charge on any atom is -0.460 e. The van der Waals surface area contributed by atoms with Gasteiger partial charge in [-0.2, -0.15) is 0 Å². The Kier molecular flexibility index (Phi) is 5.94. The molecule has 3 aromatic rings. The molecule has 1 amide bonds. The highest BCUT2D eigenvalue weighted by Gasteiger charge is 2.19. The standard InChI is InChI=1S/C21H24F2N2O2/c1-3-4-5-6-9-24-21(26)19-12-20-18(10-14(2)27-20)25(19)13-15-7-8-16(22)17(23)11-15/h7-8,10-12H,3-6,9,13H2,1-2H3,(H,24,26). The number of amides is 1. The van der Waals surface area contributed by atoms with E-state index < -0.39 is 11.6 Å². The lowest BCUT2D eigenvalue weighted by Crippen LogP contribution is -2.27. The minimum absolute atomic E-state index is 0.196. The number of aryl methyl sites for hydroxylation is 1. The fraction of sp³-hybridized carbons (Fsp3) is 0.381. The van der Waals surface area contributed by atoms with Gasteiger partial charge in [0.25, 0.3) is 5.91 Å². The maximum atomic E-state index is 13.6. The Balaban J connectivity index is 1.84. The van der Waals surface area contributed by atoms with Crippen LogP contribution in [0.5, 0.6) is 0 Å². The van der Waals surface area contributed by atoms with Crippen molar-refractivity contribution in [3.05, 3.63) is 59.0 Å². The van der Waals surface area contributed by atoms with Gasteiger partial charge < -0.3 is 14.3 Å². The first-order chi connectivity index (χ1) is 13.0. The molecule has 144 valence electrons. The molecule has 0 aliphatic rings. The third kappa shape index (κ3) is 4.38. The molecule has 2 aromatic heterocycles. The molecule has 0 aliphatic heterocycles. The molecule has 0 saturated heterocycles. The monoisotopic (exact) mass is 374 g/mol. The van der Waals surface area contributed by atoms with Gasteiger partial charge in [0.15, 0.2) is 17.2 Å². The normalized spacial score (nSPS) is 11.3. The largest absolute Gasteiger partial charge is 0.460 e. The van der Waals surface area contributed by atoms with Gasteiger partial charge in [-0.1, -0.05) is 32.3 Å². The maximum Gasteiger partial charge on any atom is 0.268 e. The summed E-state index contributed by atoms with van der Waals surface area (Å²) in [5.74, 6) is -1.26. The van der Waals surface area contributed by atoms with Gasteiger partial charge in [-0.15, -0.1) is 0 Å². The van der Waals surface area contributed by atoms with Gasteiger partial charge in [0.05, 0.1) is 5.52 Å². The number of fused-ring (bicyclic) bond motifs is 1. The highest BCUT2D eigenvalue weighted by molar-refractivity contribution is 5.97. The summed E-state index contributed by atoms with van der Waals surface area (Å²) in [7, 11) is 0. The van der Waals surface area contributed by atoms with E-state index >= 15 is 0 Å². The molecule has 2 heterocycles. The molecule has 0 saturated carbocycles. The van der Waals surface area contributed by atoms with Gasteiger partial charge in [0, 0.05) is 25.2 Å². The number of carbonyl (C=O) groups is 1. The van der Waals surface area contributed by atoms with Crippen LogP contribution in [-0.4, -0.2) is 17.0 Å². The topological polar surface area (TPSA) is 47.2 Å². The van der Waals surface area contributed by atoms with Crippen molar-refractivity contribution in [3.63, 3.8) is 0 Å². The van der Waals surface area contributed by atoms with Crippen LogP contribution in [0.3, 0.4) is 0 Å². The first kappa shape index (κ1) is 19.1. The van der Waals surface area contributed by atoms with Crippen LogP contribution in [0.15, 0.2) is 34.7 Å². The second kappa shape index (κ2) is 8.37. The third-order valence-corrected chi connectivity index (χ3v) is 4.59. The lowest BCUT2D eigenvalue weighted by atomic mass is 10.2. The highest BCUT2D eigenvalue weighted by Crippen LogP contribution is 2.25. The number of nitrogens with one attached hydrogen (secondary N) is 1. The van der Waals surface area contributed by atoms with Gasteiger partial charge in [-0.05, 0) is 31.0 Å². The van der Waals surface area contributed by atoms with Crippen molar-refractivity contribution in [2.24, 2.45) is 0 Å². The van der Waals surface area contributed by atoms with Crippen LogP contribution in [0.1, 0.15) is 54.4 Å². The smallest absolute Gasteiger partial charge is 0.268 e. The molecule has 0 unspecified atom stereocenters. The van der Waals surface area contributed by atoms with E-state index in [2.05, 4.69) is 12.2 Å². The molecular weight excluding hydrogens is 350 g/mol. The van der Waals surface area contributed by atoms with E-state index in [9.17, 15) is 13.6 Å². The average Bonchev–Trinajstić information content (AvgIpc) is 3.15. The summed E-state index contributed by atoms with van der Waals surface area (Å²) in [6.07, 6.45) is 4.29. The molecule has 0 bridgehead atoms. The molecule has 4 nitrogen and oxygen atoms in total. The molecule has 1 N–H and O–H groups in total. The van der Waals surface area contributed by atoms with E-state index in [1.807, 2.05) is 13.0 Å². The predicted octanol–water partition coefficient (Wildman–Crippen LogP) is 5.18. The zero-order chi connectivity index (χ0) is 19.4. The second-order valence-corrected chi connectivity index (χ2v) is 6.79. The van der Waals surface area contributed by atoms with Crippen molar-refractivity contribution >= 4 is 17.0 Å². The summed E-state index contributed by atoms with van der Waals surface area (Å²) in [6.45, 7) is 4.82. The molecule has 3 rings (SSSR count). The van der Waals surface area contributed by atoms with Crippen molar-refractivity contribution in [1.29, 1.82) is 0 Å². The van der Waals surface area contributed by atoms with E-state index in [-0.39, 0.29) is 12.5 Å². The van der Waals surface area contributed by atoms with Crippen LogP contribution in [0, 0.1) is 18.6 Å². The summed E-state index contributed by atoms with van der Waals surface area (Å²) in [6, 6.07) is 7.31. The Morgan fingerprint density at radius 3 is 2.67 bits per heavy atom.